The topological polar surface area (TPSA) is 98.0 Å². The van der Waals surface area contributed by atoms with E-state index < -0.39 is 18.2 Å². The number of hydrogen-bond acceptors (Lipinski definition) is 4. The molecule has 5 nitrogen and oxygen atoms in total. The molecular formula is C29H46O5. The van der Waals surface area contributed by atoms with E-state index in [1.54, 1.807) is 0 Å². The lowest BCUT2D eigenvalue weighted by molar-refractivity contribution is -0.233. The SMILES string of the molecule is CC(C)=CCC/C(C(=O)O)=C1/[C@@H](O)C[C@@]2(C)[C@H]1CC(O)[C@H]1[C@@]3(C)CCC(O)[C@@H](C)[C@@H]3CC[C@@]12C. The molecule has 0 aromatic carbocycles. The van der Waals surface area contributed by atoms with E-state index >= 15 is 0 Å². The molecule has 4 saturated carbocycles. The van der Waals surface area contributed by atoms with E-state index in [4.69, 9.17) is 0 Å². The molecule has 192 valence electrons. The molecule has 0 spiro atoms. The van der Waals surface area contributed by atoms with Crippen molar-refractivity contribution in [2.45, 2.75) is 111 Å². The Morgan fingerprint density at radius 1 is 1.03 bits per heavy atom. The zero-order valence-corrected chi connectivity index (χ0v) is 22.0. The Morgan fingerprint density at radius 3 is 2.32 bits per heavy atom. The number of hydrogen-bond donors (Lipinski definition) is 4. The standard InChI is InChI=1S/C29H46O5/c1-16(2)8-7-9-18(26(33)34)24-20-14-22(31)25-27(4)12-11-21(30)17(3)19(27)10-13-28(25,5)29(20,6)15-23(24)32/h8,17,19-23,25,30-32H,7,9-15H2,1-6H3,(H,33,34)/b24-18-/t17-,19-,20-,21?,22?,23-,25-,27-,28-,29-/m0/s1. The largest absolute Gasteiger partial charge is 0.478 e. The summed E-state index contributed by atoms with van der Waals surface area (Å²) in [6.45, 7) is 13.1. The first-order valence-electron chi connectivity index (χ1n) is 13.4. The number of carboxylic acid groups (broad SMARTS) is 1. The van der Waals surface area contributed by atoms with Crippen LogP contribution in [0.15, 0.2) is 22.8 Å². The third kappa shape index (κ3) is 3.64. The van der Waals surface area contributed by atoms with Gasteiger partial charge in [-0.1, -0.05) is 39.3 Å². The maximum Gasteiger partial charge on any atom is 0.331 e. The average Bonchev–Trinajstić information content (AvgIpc) is 2.99. The van der Waals surface area contributed by atoms with Gasteiger partial charge in [-0.2, -0.15) is 0 Å². The molecule has 0 bridgehead atoms. The zero-order chi connectivity index (χ0) is 25.2. The van der Waals surface area contributed by atoms with Crippen LogP contribution in [0, 0.1) is 39.9 Å². The van der Waals surface area contributed by atoms with Gasteiger partial charge in [0, 0.05) is 5.57 Å². The molecule has 5 heteroatoms. The molecule has 0 aliphatic heterocycles. The second-order valence-corrected chi connectivity index (χ2v) is 13.1. The fourth-order valence-electron chi connectivity index (χ4n) is 9.51. The fourth-order valence-corrected chi connectivity index (χ4v) is 9.51. The minimum absolute atomic E-state index is 0.0600. The van der Waals surface area contributed by atoms with Gasteiger partial charge in [0.05, 0.1) is 18.3 Å². The van der Waals surface area contributed by atoms with Crippen molar-refractivity contribution in [2.75, 3.05) is 0 Å². The number of aliphatic hydroxyl groups is 3. The first-order valence-corrected chi connectivity index (χ1v) is 13.4. The van der Waals surface area contributed by atoms with Crippen LogP contribution in [0.25, 0.3) is 0 Å². The second-order valence-electron chi connectivity index (χ2n) is 13.1. The van der Waals surface area contributed by atoms with Gasteiger partial charge in [-0.25, -0.2) is 4.79 Å². The van der Waals surface area contributed by atoms with Crippen LogP contribution in [0.4, 0.5) is 0 Å². The van der Waals surface area contributed by atoms with Crippen molar-refractivity contribution in [1.82, 2.24) is 0 Å². The molecule has 4 aliphatic rings. The summed E-state index contributed by atoms with van der Waals surface area (Å²) in [4.78, 5) is 12.4. The number of carboxylic acids is 1. The minimum atomic E-state index is -0.937. The lowest BCUT2D eigenvalue weighted by atomic mass is 9.36. The number of carbonyl (C=O) groups is 1. The summed E-state index contributed by atoms with van der Waals surface area (Å²) in [6, 6.07) is 0. The summed E-state index contributed by atoms with van der Waals surface area (Å²) < 4.78 is 0. The molecule has 4 N–H and O–H groups in total. The van der Waals surface area contributed by atoms with Gasteiger partial charge < -0.3 is 20.4 Å². The van der Waals surface area contributed by atoms with Crippen molar-refractivity contribution in [3.8, 4) is 0 Å². The van der Waals surface area contributed by atoms with E-state index in [9.17, 15) is 25.2 Å². The van der Waals surface area contributed by atoms with E-state index in [2.05, 4.69) is 33.8 Å². The van der Waals surface area contributed by atoms with Gasteiger partial charge >= 0.3 is 5.97 Å². The molecule has 10 atom stereocenters. The van der Waals surface area contributed by atoms with Crippen molar-refractivity contribution in [1.29, 1.82) is 0 Å². The quantitative estimate of drug-likeness (QED) is 0.336. The van der Waals surface area contributed by atoms with Crippen LogP contribution >= 0.6 is 0 Å². The van der Waals surface area contributed by atoms with Crippen LogP contribution in [0.5, 0.6) is 0 Å². The molecule has 0 radical (unpaired) electrons. The molecule has 0 amide bonds. The smallest absolute Gasteiger partial charge is 0.331 e. The molecule has 4 aliphatic carbocycles. The highest BCUT2D eigenvalue weighted by atomic mass is 16.4. The third-order valence-corrected chi connectivity index (χ3v) is 11.3. The number of rotatable bonds is 4. The number of aliphatic carboxylic acids is 1. The van der Waals surface area contributed by atoms with Crippen LogP contribution in [-0.2, 0) is 4.79 Å². The van der Waals surface area contributed by atoms with Crippen molar-refractivity contribution in [3.05, 3.63) is 22.8 Å². The summed E-state index contributed by atoms with van der Waals surface area (Å²) in [5, 5.41) is 43.8. The fraction of sp³-hybridized carbons (Fsp3) is 0.828. The molecule has 4 rings (SSSR count). The molecule has 0 heterocycles. The monoisotopic (exact) mass is 474 g/mol. The molecule has 0 saturated heterocycles. The number of fused-ring (bicyclic) bond motifs is 5. The van der Waals surface area contributed by atoms with Gasteiger partial charge in [0.25, 0.3) is 0 Å². The van der Waals surface area contributed by atoms with Gasteiger partial charge in [-0.3, -0.25) is 0 Å². The first-order chi connectivity index (χ1) is 15.8. The van der Waals surface area contributed by atoms with Gasteiger partial charge in [0.2, 0.25) is 0 Å². The first kappa shape index (κ1) is 25.9. The molecule has 0 aromatic heterocycles. The Morgan fingerprint density at radius 2 is 1.71 bits per heavy atom. The lowest BCUT2D eigenvalue weighted by Crippen LogP contribution is -2.65. The maximum atomic E-state index is 12.4. The summed E-state index contributed by atoms with van der Waals surface area (Å²) in [7, 11) is 0. The van der Waals surface area contributed by atoms with Crippen molar-refractivity contribution < 1.29 is 25.2 Å². The molecular weight excluding hydrogens is 428 g/mol. The zero-order valence-electron chi connectivity index (χ0n) is 22.0. The summed E-state index contributed by atoms with van der Waals surface area (Å²) >= 11 is 0. The Hall–Kier alpha value is -1.17. The van der Waals surface area contributed by atoms with E-state index in [-0.39, 0.29) is 40.1 Å². The molecule has 2 unspecified atom stereocenters. The predicted molar refractivity (Wildman–Crippen MR) is 133 cm³/mol. The molecule has 0 aromatic rings. The summed E-state index contributed by atoms with van der Waals surface area (Å²) in [5.41, 5.74) is 1.66. The predicted octanol–water partition coefficient (Wildman–Crippen LogP) is 5.10. The average molecular weight is 475 g/mol. The van der Waals surface area contributed by atoms with E-state index in [1.165, 1.54) is 0 Å². The van der Waals surface area contributed by atoms with Crippen molar-refractivity contribution in [2.24, 2.45) is 39.9 Å². The maximum absolute atomic E-state index is 12.4. The van der Waals surface area contributed by atoms with E-state index in [1.807, 2.05) is 13.8 Å². The highest BCUT2D eigenvalue weighted by Crippen LogP contribution is 2.74. The van der Waals surface area contributed by atoms with Crippen LogP contribution < -0.4 is 0 Å². The second kappa shape index (κ2) is 8.74. The van der Waals surface area contributed by atoms with E-state index in [0.717, 1.165) is 31.3 Å². The third-order valence-electron chi connectivity index (χ3n) is 11.3. The number of aliphatic hydroxyl groups excluding tert-OH is 3. The van der Waals surface area contributed by atoms with Gasteiger partial charge in [-0.05, 0) is 111 Å². The minimum Gasteiger partial charge on any atom is -0.478 e. The van der Waals surface area contributed by atoms with Crippen LogP contribution in [-0.4, -0.2) is 44.7 Å². The van der Waals surface area contributed by atoms with Crippen LogP contribution in [0.3, 0.4) is 0 Å². The molecule has 4 fully saturated rings. The summed E-state index contributed by atoms with van der Waals surface area (Å²) in [6.07, 6.45) is 6.25. The van der Waals surface area contributed by atoms with Crippen LogP contribution in [0.2, 0.25) is 0 Å². The highest BCUT2D eigenvalue weighted by molar-refractivity contribution is 5.88. The lowest BCUT2D eigenvalue weighted by Gasteiger charge is -2.69. The Labute approximate surface area is 205 Å². The highest BCUT2D eigenvalue weighted by Gasteiger charge is 2.70. The van der Waals surface area contributed by atoms with Crippen LogP contribution in [0.1, 0.15) is 92.9 Å². The van der Waals surface area contributed by atoms with E-state index in [0.29, 0.717) is 42.7 Å². The van der Waals surface area contributed by atoms with Crippen molar-refractivity contribution >= 4 is 5.97 Å². The Balaban J connectivity index is 1.76. The Kier molecular flexibility index (Phi) is 6.66. The van der Waals surface area contributed by atoms with Gasteiger partial charge in [-0.15, -0.1) is 0 Å². The van der Waals surface area contributed by atoms with Gasteiger partial charge in [0.15, 0.2) is 0 Å². The summed E-state index contributed by atoms with van der Waals surface area (Å²) in [5.74, 6) is -0.375. The number of allylic oxidation sites excluding steroid dienone is 2. The Bertz CT molecular complexity index is 887. The molecule has 34 heavy (non-hydrogen) atoms. The van der Waals surface area contributed by atoms with Crippen molar-refractivity contribution in [3.63, 3.8) is 0 Å². The normalized spacial score (nSPS) is 49.5. The van der Waals surface area contributed by atoms with Gasteiger partial charge in [0.1, 0.15) is 0 Å².